The number of amidine groups is 1. The summed E-state index contributed by atoms with van der Waals surface area (Å²) in [6.07, 6.45) is 1.85. The number of hydrogen-bond donors (Lipinski definition) is 2. The van der Waals surface area contributed by atoms with Crippen molar-refractivity contribution < 1.29 is 9.18 Å². The van der Waals surface area contributed by atoms with E-state index >= 15 is 0 Å². The Balaban J connectivity index is 2.10. The molecule has 0 saturated carbocycles. The zero-order valence-electron chi connectivity index (χ0n) is 13.0. The summed E-state index contributed by atoms with van der Waals surface area (Å²) in [5.74, 6) is -0.487. The zero-order chi connectivity index (χ0) is 16.7. The fraction of sp³-hybridized carbons (Fsp3) is 0.176. The van der Waals surface area contributed by atoms with E-state index in [0.717, 1.165) is 5.56 Å². The minimum atomic E-state index is -0.267. The molecule has 0 aromatic heterocycles. The van der Waals surface area contributed by atoms with Crippen LogP contribution in [0.15, 0.2) is 53.5 Å². The first-order chi connectivity index (χ1) is 11.1. The Bertz CT molecular complexity index is 701. The minimum Gasteiger partial charge on any atom is -0.380 e. The van der Waals surface area contributed by atoms with E-state index in [-0.39, 0.29) is 11.7 Å². The van der Waals surface area contributed by atoms with Gasteiger partial charge in [0.05, 0.1) is 5.56 Å². The molecular formula is C17H18FN3OS. The highest BCUT2D eigenvalue weighted by atomic mass is 32.2. The van der Waals surface area contributed by atoms with Crippen molar-refractivity contribution in [1.82, 2.24) is 5.32 Å². The van der Waals surface area contributed by atoms with E-state index in [1.54, 1.807) is 31.3 Å². The molecule has 0 unspecified atom stereocenters. The average Bonchev–Trinajstić information content (AvgIpc) is 2.59. The van der Waals surface area contributed by atoms with Crippen LogP contribution in [0.2, 0.25) is 0 Å². The van der Waals surface area contributed by atoms with Crippen LogP contribution in [0.3, 0.4) is 0 Å². The zero-order valence-corrected chi connectivity index (χ0v) is 13.8. The van der Waals surface area contributed by atoms with Gasteiger partial charge in [0.25, 0.3) is 5.91 Å². The molecular weight excluding hydrogens is 313 g/mol. The van der Waals surface area contributed by atoms with E-state index in [2.05, 4.69) is 15.6 Å². The van der Waals surface area contributed by atoms with Crippen molar-refractivity contribution in [2.75, 3.05) is 18.6 Å². The van der Waals surface area contributed by atoms with Crippen LogP contribution in [0.4, 0.5) is 10.1 Å². The van der Waals surface area contributed by atoms with E-state index in [1.165, 1.54) is 23.9 Å². The Morgan fingerprint density at radius 3 is 2.52 bits per heavy atom. The molecule has 0 atom stereocenters. The predicted octanol–water partition coefficient (Wildman–Crippen LogP) is 3.52. The number of para-hydroxylation sites is 1. The molecule has 0 bridgehead atoms. The summed E-state index contributed by atoms with van der Waals surface area (Å²) in [6.45, 7) is 0.502. The number of rotatable bonds is 4. The van der Waals surface area contributed by atoms with Crippen LogP contribution >= 0.6 is 11.8 Å². The summed E-state index contributed by atoms with van der Waals surface area (Å²) < 4.78 is 12.9. The fourth-order valence-corrected chi connectivity index (χ4v) is 2.37. The van der Waals surface area contributed by atoms with Crippen LogP contribution in [-0.4, -0.2) is 24.4 Å². The lowest BCUT2D eigenvalue weighted by atomic mass is 10.1. The number of nitrogens with one attached hydrogen (secondary N) is 2. The highest BCUT2D eigenvalue weighted by Gasteiger charge is 2.12. The number of nitrogens with zero attached hydrogens (tertiary/aromatic N) is 1. The Kier molecular flexibility index (Phi) is 6.17. The number of benzene rings is 2. The standard InChI is InChI=1S/C17H18FN3OS/c1-19-17(23-2)21-16(22)14-5-3-4-6-15(14)20-11-12-7-9-13(18)10-8-12/h3-10,20H,11H2,1-2H3,(H,19,21,22). The smallest absolute Gasteiger partial charge is 0.259 e. The van der Waals surface area contributed by atoms with E-state index in [0.29, 0.717) is 23.0 Å². The Labute approximate surface area is 139 Å². The molecule has 0 saturated heterocycles. The highest BCUT2D eigenvalue weighted by Crippen LogP contribution is 2.17. The Morgan fingerprint density at radius 1 is 1.17 bits per heavy atom. The van der Waals surface area contributed by atoms with E-state index in [4.69, 9.17) is 0 Å². The molecule has 0 aliphatic heterocycles. The maximum Gasteiger partial charge on any atom is 0.259 e. The number of aliphatic imine (C=N–C) groups is 1. The van der Waals surface area contributed by atoms with Crippen molar-refractivity contribution in [1.29, 1.82) is 0 Å². The van der Waals surface area contributed by atoms with Crippen molar-refractivity contribution in [3.05, 3.63) is 65.5 Å². The second-order valence-corrected chi connectivity index (χ2v) is 5.51. The van der Waals surface area contributed by atoms with Gasteiger partial charge in [0.2, 0.25) is 0 Å². The largest absolute Gasteiger partial charge is 0.380 e. The van der Waals surface area contributed by atoms with Gasteiger partial charge in [-0.2, -0.15) is 0 Å². The number of carbonyl (C=O) groups excluding carboxylic acids is 1. The van der Waals surface area contributed by atoms with Gasteiger partial charge in [-0.1, -0.05) is 36.0 Å². The quantitative estimate of drug-likeness (QED) is 0.666. The first-order valence-corrected chi connectivity index (χ1v) is 8.26. The molecule has 0 radical (unpaired) electrons. The summed E-state index contributed by atoms with van der Waals surface area (Å²) in [5.41, 5.74) is 2.18. The first kappa shape index (κ1) is 17.0. The number of amides is 1. The number of carbonyl (C=O) groups is 1. The van der Waals surface area contributed by atoms with Crippen LogP contribution in [0, 0.1) is 5.82 Å². The highest BCUT2D eigenvalue weighted by molar-refractivity contribution is 8.13. The van der Waals surface area contributed by atoms with Crippen LogP contribution in [0.1, 0.15) is 15.9 Å². The third kappa shape index (κ3) is 4.82. The molecule has 0 spiro atoms. The summed E-state index contributed by atoms with van der Waals surface area (Å²) >= 11 is 1.37. The van der Waals surface area contributed by atoms with E-state index in [9.17, 15) is 9.18 Å². The van der Waals surface area contributed by atoms with Crippen LogP contribution < -0.4 is 10.6 Å². The second kappa shape index (κ2) is 8.33. The topological polar surface area (TPSA) is 53.5 Å². The summed E-state index contributed by atoms with van der Waals surface area (Å²) in [5, 5.41) is 6.53. The lowest BCUT2D eigenvalue weighted by Gasteiger charge is -2.12. The minimum absolute atomic E-state index is 0.220. The van der Waals surface area contributed by atoms with E-state index < -0.39 is 0 Å². The normalized spacial score (nSPS) is 11.2. The number of halogens is 1. The van der Waals surface area contributed by atoms with Gasteiger partial charge in [-0.25, -0.2) is 4.39 Å². The Morgan fingerprint density at radius 2 is 1.87 bits per heavy atom. The third-order valence-electron chi connectivity index (χ3n) is 3.18. The molecule has 0 fully saturated rings. The van der Waals surface area contributed by atoms with Gasteiger partial charge < -0.3 is 10.6 Å². The van der Waals surface area contributed by atoms with Gasteiger partial charge >= 0.3 is 0 Å². The molecule has 120 valence electrons. The second-order valence-electron chi connectivity index (χ2n) is 4.71. The monoisotopic (exact) mass is 331 g/mol. The summed E-state index contributed by atoms with van der Waals surface area (Å²) in [7, 11) is 1.63. The maximum atomic E-state index is 12.9. The molecule has 4 nitrogen and oxygen atoms in total. The van der Waals surface area contributed by atoms with Gasteiger partial charge in [0.1, 0.15) is 5.82 Å². The average molecular weight is 331 g/mol. The van der Waals surface area contributed by atoms with Crippen LogP contribution in [0.5, 0.6) is 0 Å². The summed E-state index contributed by atoms with van der Waals surface area (Å²) in [6, 6.07) is 13.5. The molecule has 23 heavy (non-hydrogen) atoms. The van der Waals surface area contributed by atoms with Crippen molar-refractivity contribution in [2.24, 2.45) is 4.99 Å². The van der Waals surface area contributed by atoms with E-state index in [1.807, 2.05) is 18.4 Å². The lowest BCUT2D eigenvalue weighted by molar-refractivity contribution is 0.0978. The molecule has 0 aliphatic carbocycles. The molecule has 2 aromatic carbocycles. The molecule has 2 aromatic rings. The van der Waals surface area contributed by atoms with Crippen molar-refractivity contribution in [3.8, 4) is 0 Å². The van der Waals surface area contributed by atoms with Gasteiger partial charge in [0, 0.05) is 19.3 Å². The van der Waals surface area contributed by atoms with Gasteiger partial charge in [-0.15, -0.1) is 0 Å². The van der Waals surface area contributed by atoms with Crippen LogP contribution in [0.25, 0.3) is 0 Å². The lowest BCUT2D eigenvalue weighted by Crippen LogP contribution is -2.28. The predicted molar refractivity (Wildman–Crippen MR) is 94.5 cm³/mol. The third-order valence-corrected chi connectivity index (χ3v) is 3.86. The summed E-state index contributed by atoms with van der Waals surface area (Å²) in [4.78, 5) is 16.4. The fourth-order valence-electron chi connectivity index (χ4n) is 2.00. The van der Waals surface area contributed by atoms with Crippen molar-refractivity contribution >= 4 is 28.5 Å². The molecule has 0 aliphatic rings. The van der Waals surface area contributed by atoms with Crippen LogP contribution in [-0.2, 0) is 6.54 Å². The van der Waals surface area contributed by atoms with Gasteiger partial charge in [-0.3, -0.25) is 9.79 Å². The Hall–Kier alpha value is -2.34. The maximum absolute atomic E-state index is 12.9. The molecule has 2 rings (SSSR count). The number of anilines is 1. The number of hydrogen-bond acceptors (Lipinski definition) is 4. The number of thioether (sulfide) groups is 1. The molecule has 2 N–H and O–H groups in total. The van der Waals surface area contributed by atoms with Crippen molar-refractivity contribution in [2.45, 2.75) is 6.54 Å². The molecule has 1 amide bonds. The van der Waals surface area contributed by atoms with Gasteiger partial charge in [0.15, 0.2) is 5.17 Å². The SMILES string of the molecule is CN=C(NC(=O)c1ccccc1NCc1ccc(F)cc1)SC. The first-order valence-electron chi connectivity index (χ1n) is 7.03. The molecule has 6 heteroatoms. The van der Waals surface area contributed by atoms with Crippen molar-refractivity contribution in [3.63, 3.8) is 0 Å². The van der Waals surface area contributed by atoms with Gasteiger partial charge in [-0.05, 0) is 36.1 Å². The molecule has 0 heterocycles.